The molecule has 0 aliphatic rings. The molecule has 1 unspecified atom stereocenters. The van der Waals surface area contributed by atoms with E-state index in [9.17, 15) is 19.8 Å². The standard InChI is InChI=1S/C19H25N5O4.ClH/c1-12-9-13(5-6-14(12)25)15(26)10-20-7-4-8-24-11-21-17-16(24)18(27)23(3)19(28)22(17)2;/h5-6,9,11,15,20,25-26H,4,7-8,10H2,1-3H3;1H. The number of aliphatic hydroxyl groups is 1. The van der Waals surface area contributed by atoms with Gasteiger partial charge in [0, 0.05) is 27.1 Å². The minimum atomic E-state index is -0.616. The predicted molar refractivity (Wildman–Crippen MR) is 104 cm³/mol. The minimum absolute atomic E-state index is 0. The number of aliphatic hydroxyl groups excluding tert-OH is 1. The highest BCUT2D eigenvalue weighted by molar-refractivity contribution is 5.69. The van der Waals surface area contributed by atoms with Gasteiger partial charge in [-0.3, -0.25) is 13.9 Å². The summed E-state index contributed by atoms with van der Waals surface area (Å²) in [4.78, 5) is 28.6. The summed E-state index contributed by atoms with van der Waals surface area (Å²) in [5, 5.41) is 21.9. The largest absolute Gasteiger partial charge is 1.00 e. The number of halogens is 1. The first kappa shape index (κ1) is 22.7. The Balaban J connectivity index is 0.00000300. The Hall–Kier alpha value is -2.62. The number of nitrogens with zero attached hydrogens (tertiary/aromatic N) is 4. The van der Waals surface area contributed by atoms with Crippen molar-refractivity contribution in [3.05, 3.63) is 56.5 Å². The third kappa shape index (κ3) is 4.52. The lowest BCUT2D eigenvalue weighted by Crippen LogP contribution is -3.00. The number of benzene rings is 1. The Labute approximate surface area is 173 Å². The third-order valence-corrected chi connectivity index (χ3v) is 5.02. The fourth-order valence-electron chi connectivity index (χ4n) is 3.27. The molecule has 0 spiro atoms. The Morgan fingerprint density at radius 1 is 1.21 bits per heavy atom. The number of hydrogen-bond donors (Lipinski definition) is 3. The molecule has 29 heavy (non-hydrogen) atoms. The fraction of sp³-hybridized carbons (Fsp3) is 0.421. The maximum absolute atomic E-state index is 12.4. The number of phenols is 1. The van der Waals surface area contributed by atoms with Crippen molar-refractivity contribution in [3.63, 3.8) is 0 Å². The molecule has 3 aromatic rings. The van der Waals surface area contributed by atoms with Crippen molar-refractivity contribution in [2.75, 3.05) is 13.1 Å². The lowest BCUT2D eigenvalue weighted by atomic mass is 10.1. The summed E-state index contributed by atoms with van der Waals surface area (Å²) in [5.74, 6) is 0.219. The molecule has 1 atom stereocenters. The van der Waals surface area contributed by atoms with Gasteiger partial charge in [-0.2, -0.15) is 0 Å². The van der Waals surface area contributed by atoms with Gasteiger partial charge in [0.15, 0.2) is 11.2 Å². The molecule has 158 valence electrons. The van der Waals surface area contributed by atoms with Crippen LogP contribution in [0.15, 0.2) is 34.1 Å². The molecule has 9 nitrogen and oxygen atoms in total. The highest BCUT2D eigenvalue weighted by atomic mass is 35.5. The SMILES string of the molecule is Cc1cc(C(O)C[NH2+]CCCn2cnc3c2c(=O)n(C)c(=O)n3C)ccc1O.[Cl-]. The van der Waals surface area contributed by atoms with E-state index in [1.54, 1.807) is 43.1 Å². The smallest absolute Gasteiger partial charge is 0.332 e. The second-order valence-electron chi connectivity index (χ2n) is 7.04. The second kappa shape index (κ2) is 9.25. The number of aromatic nitrogens is 4. The van der Waals surface area contributed by atoms with Gasteiger partial charge in [-0.05, 0) is 30.2 Å². The molecule has 2 aromatic heterocycles. The first-order valence-electron chi connectivity index (χ1n) is 9.21. The third-order valence-electron chi connectivity index (χ3n) is 5.02. The molecule has 0 amide bonds. The van der Waals surface area contributed by atoms with Crippen LogP contribution in [0.5, 0.6) is 5.75 Å². The van der Waals surface area contributed by atoms with Gasteiger partial charge in [0.1, 0.15) is 18.4 Å². The molecule has 2 heterocycles. The average molecular weight is 424 g/mol. The molecular formula is C19H26ClN5O4. The zero-order chi connectivity index (χ0) is 20.4. The summed E-state index contributed by atoms with van der Waals surface area (Å²) in [6.07, 6.45) is 1.74. The van der Waals surface area contributed by atoms with Gasteiger partial charge in [-0.15, -0.1) is 0 Å². The van der Waals surface area contributed by atoms with E-state index in [1.165, 1.54) is 11.6 Å². The van der Waals surface area contributed by atoms with E-state index in [-0.39, 0.29) is 23.7 Å². The first-order valence-corrected chi connectivity index (χ1v) is 9.21. The van der Waals surface area contributed by atoms with Crippen molar-refractivity contribution in [3.8, 4) is 5.75 Å². The number of phenolic OH excluding ortho intramolecular Hbond substituents is 1. The van der Waals surface area contributed by atoms with Gasteiger partial charge >= 0.3 is 5.69 Å². The van der Waals surface area contributed by atoms with E-state index < -0.39 is 11.8 Å². The molecule has 0 fully saturated rings. The first-order chi connectivity index (χ1) is 13.3. The number of imidazole rings is 1. The second-order valence-corrected chi connectivity index (χ2v) is 7.04. The van der Waals surface area contributed by atoms with Crippen LogP contribution in [0.4, 0.5) is 0 Å². The Morgan fingerprint density at radius 3 is 2.62 bits per heavy atom. The van der Waals surface area contributed by atoms with Gasteiger partial charge in [-0.1, -0.05) is 6.07 Å². The zero-order valence-corrected chi connectivity index (χ0v) is 17.4. The normalized spacial score (nSPS) is 12.1. The number of quaternary nitrogens is 1. The molecule has 0 radical (unpaired) electrons. The van der Waals surface area contributed by atoms with Crippen LogP contribution in [0.1, 0.15) is 23.7 Å². The van der Waals surface area contributed by atoms with Crippen LogP contribution in [-0.2, 0) is 20.6 Å². The monoisotopic (exact) mass is 423 g/mol. The van der Waals surface area contributed by atoms with Crippen LogP contribution < -0.4 is 29.0 Å². The molecule has 0 saturated heterocycles. The number of nitrogens with two attached hydrogens (primary N) is 1. The maximum Gasteiger partial charge on any atom is 0.332 e. The van der Waals surface area contributed by atoms with Crippen molar-refractivity contribution in [1.82, 2.24) is 18.7 Å². The van der Waals surface area contributed by atoms with E-state index in [4.69, 9.17) is 0 Å². The summed E-state index contributed by atoms with van der Waals surface area (Å²) < 4.78 is 4.22. The Kier molecular flexibility index (Phi) is 7.23. The van der Waals surface area contributed by atoms with Crippen LogP contribution >= 0.6 is 0 Å². The number of fused-ring (bicyclic) bond motifs is 1. The van der Waals surface area contributed by atoms with Crippen LogP contribution in [-0.4, -0.2) is 42.0 Å². The van der Waals surface area contributed by atoms with Gasteiger partial charge in [0.25, 0.3) is 5.56 Å². The minimum Gasteiger partial charge on any atom is -1.00 e. The Bertz CT molecular complexity index is 1120. The molecule has 3 rings (SSSR count). The van der Waals surface area contributed by atoms with Gasteiger partial charge in [0.05, 0.1) is 12.9 Å². The molecule has 0 saturated carbocycles. The van der Waals surface area contributed by atoms with Gasteiger partial charge in [0.2, 0.25) is 0 Å². The molecule has 4 N–H and O–H groups in total. The van der Waals surface area contributed by atoms with Crippen LogP contribution in [0.25, 0.3) is 11.2 Å². The van der Waals surface area contributed by atoms with Crippen molar-refractivity contribution in [1.29, 1.82) is 0 Å². The summed E-state index contributed by atoms with van der Waals surface area (Å²) >= 11 is 0. The molecule has 0 aliphatic heterocycles. The summed E-state index contributed by atoms with van der Waals surface area (Å²) in [6, 6.07) is 5.09. The number of hydrogen-bond acceptors (Lipinski definition) is 5. The molecule has 0 aliphatic carbocycles. The van der Waals surface area contributed by atoms with E-state index in [0.29, 0.717) is 24.3 Å². The molecule has 0 bridgehead atoms. The lowest BCUT2D eigenvalue weighted by Gasteiger charge is -2.11. The Morgan fingerprint density at radius 2 is 1.93 bits per heavy atom. The molecule has 1 aromatic carbocycles. The van der Waals surface area contributed by atoms with Crippen molar-refractivity contribution in [2.24, 2.45) is 14.1 Å². The highest BCUT2D eigenvalue weighted by Gasteiger charge is 2.14. The average Bonchev–Trinajstić information content (AvgIpc) is 3.10. The topological polar surface area (TPSA) is 119 Å². The van der Waals surface area contributed by atoms with E-state index in [0.717, 1.165) is 28.7 Å². The number of aromatic hydroxyl groups is 1. The van der Waals surface area contributed by atoms with Crippen LogP contribution in [0, 0.1) is 6.92 Å². The summed E-state index contributed by atoms with van der Waals surface area (Å²) in [7, 11) is 3.06. The van der Waals surface area contributed by atoms with Crippen LogP contribution in [0.2, 0.25) is 0 Å². The van der Waals surface area contributed by atoms with Crippen molar-refractivity contribution in [2.45, 2.75) is 26.0 Å². The zero-order valence-electron chi connectivity index (χ0n) is 16.7. The van der Waals surface area contributed by atoms with Crippen LogP contribution in [0.3, 0.4) is 0 Å². The van der Waals surface area contributed by atoms with Gasteiger partial charge in [-0.25, -0.2) is 9.78 Å². The molecule has 10 heteroatoms. The van der Waals surface area contributed by atoms with E-state index in [1.807, 2.05) is 5.32 Å². The van der Waals surface area contributed by atoms with Crippen molar-refractivity contribution < 1.29 is 27.9 Å². The van der Waals surface area contributed by atoms with E-state index in [2.05, 4.69) is 4.98 Å². The lowest BCUT2D eigenvalue weighted by molar-refractivity contribution is -0.662. The molecular weight excluding hydrogens is 398 g/mol. The maximum atomic E-state index is 12.4. The highest BCUT2D eigenvalue weighted by Crippen LogP contribution is 2.20. The predicted octanol–water partition coefficient (Wildman–Crippen LogP) is -3.86. The quantitative estimate of drug-likeness (QED) is 0.336. The van der Waals surface area contributed by atoms with E-state index >= 15 is 0 Å². The fourth-order valence-corrected chi connectivity index (χ4v) is 3.27. The number of rotatable bonds is 7. The van der Waals surface area contributed by atoms with Crippen molar-refractivity contribution >= 4 is 11.2 Å². The number of aryl methyl sites for hydroxylation is 3. The van der Waals surface area contributed by atoms with Gasteiger partial charge < -0.3 is 32.5 Å². The summed E-state index contributed by atoms with van der Waals surface area (Å²) in [6.45, 7) is 3.66. The summed E-state index contributed by atoms with van der Waals surface area (Å²) in [5.41, 5.74) is 1.57.